The SMILES string of the molecule is COc1ccc(C#CCCSC(C)=O)cc1CC(=O)O. The summed E-state index contributed by atoms with van der Waals surface area (Å²) in [6.07, 6.45) is 0.517. The van der Waals surface area contributed by atoms with E-state index < -0.39 is 5.97 Å². The topological polar surface area (TPSA) is 63.6 Å². The second kappa shape index (κ2) is 8.28. The number of carboxylic acid groups (broad SMARTS) is 1. The fraction of sp³-hybridized carbons (Fsp3) is 0.333. The molecular formula is C15H16O4S. The zero-order valence-electron chi connectivity index (χ0n) is 11.4. The Morgan fingerprint density at radius 3 is 2.75 bits per heavy atom. The van der Waals surface area contributed by atoms with E-state index in [1.165, 1.54) is 25.8 Å². The molecule has 0 saturated heterocycles. The predicted octanol–water partition coefficient (Wildman–Crippen LogP) is 2.34. The third-order valence-corrected chi connectivity index (χ3v) is 3.20. The highest BCUT2D eigenvalue weighted by Crippen LogP contribution is 2.20. The molecule has 106 valence electrons. The van der Waals surface area contributed by atoms with Gasteiger partial charge >= 0.3 is 5.97 Å². The van der Waals surface area contributed by atoms with Gasteiger partial charge in [0.2, 0.25) is 0 Å². The molecule has 0 atom stereocenters. The number of ether oxygens (including phenoxy) is 1. The summed E-state index contributed by atoms with van der Waals surface area (Å²) in [7, 11) is 1.50. The molecule has 0 amide bonds. The third-order valence-electron chi connectivity index (χ3n) is 2.39. The lowest BCUT2D eigenvalue weighted by Crippen LogP contribution is -2.02. The Bertz CT molecular complexity index is 555. The Hall–Kier alpha value is -1.93. The molecule has 0 aromatic heterocycles. The van der Waals surface area contributed by atoms with Gasteiger partial charge in [-0.15, -0.1) is 0 Å². The number of methoxy groups -OCH3 is 1. The summed E-state index contributed by atoms with van der Waals surface area (Å²) in [5.41, 5.74) is 1.35. The molecule has 1 rings (SSSR count). The zero-order valence-corrected chi connectivity index (χ0v) is 12.3. The van der Waals surface area contributed by atoms with Gasteiger partial charge in [0.25, 0.3) is 0 Å². The van der Waals surface area contributed by atoms with Gasteiger partial charge in [-0.3, -0.25) is 9.59 Å². The van der Waals surface area contributed by atoms with Crippen LogP contribution in [0.2, 0.25) is 0 Å². The first-order chi connectivity index (χ1) is 9.52. The molecule has 1 aromatic carbocycles. The molecule has 0 heterocycles. The number of hydrogen-bond acceptors (Lipinski definition) is 4. The van der Waals surface area contributed by atoms with E-state index in [0.29, 0.717) is 23.5 Å². The highest BCUT2D eigenvalue weighted by atomic mass is 32.2. The van der Waals surface area contributed by atoms with E-state index in [2.05, 4.69) is 11.8 Å². The Balaban J connectivity index is 2.74. The van der Waals surface area contributed by atoms with Gasteiger partial charge in [0.05, 0.1) is 13.5 Å². The van der Waals surface area contributed by atoms with Crippen LogP contribution in [0.3, 0.4) is 0 Å². The first kappa shape index (κ1) is 16.1. The summed E-state index contributed by atoms with van der Waals surface area (Å²) in [6.45, 7) is 1.53. The molecule has 1 N–H and O–H groups in total. The zero-order chi connectivity index (χ0) is 15.0. The minimum atomic E-state index is -0.911. The van der Waals surface area contributed by atoms with Gasteiger partial charge in [0, 0.05) is 30.2 Å². The summed E-state index contributed by atoms with van der Waals surface area (Å²) in [5.74, 6) is 6.23. The number of carboxylic acids is 1. The van der Waals surface area contributed by atoms with Crippen molar-refractivity contribution in [3.8, 4) is 17.6 Å². The van der Waals surface area contributed by atoms with E-state index in [-0.39, 0.29) is 11.5 Å². The first-order valence-corrected chi connectivity index (χ1v) is 7.02. The molecule has 0 aliphatic rings. The quantitative estimate of drug-likeness (QED) is 0.666. The number of carbonyl (C=O) groups excluding carboxylic acids is 1. The molecule has 0 aliphatic carbocycles. The summed E-state index contributed by atoms with van der Waals surface area (Å²) < 4.78 is 5.12. The molecule has 4 nitrogen and oxygen atoms in total. The Morgan fingerprint density at radius 2 is 2.15 bits per heavy atom. The van der Waals surface area contributed by atoms with Crippen molar-refractivity contribution in [2.75, 3.05) is 12.9 Å². The Morgan fingerprint density at radius 1 is 1.40 bits per heavy atom. The van der Waals surface area contributed by atoms with Crippen molar-refractivity contribution in [1.29, 1.82) is 0 Å². The highest BCUT2D eigenvalue weighted by Gasteiger charge is 2.07. The van der Waals surface area contributed by atoms with Crippen LogP contribution in [0.1, 0.15) is 24.5 Å². The smallest absolute Gasteiger partial charge is 0.307 e. The van der Waals surface area contributed by atoms with Crippen molar-refractivity contribution in [3.63, 3.8) is 0 Å². The maximum absolute atomic E-state index is 10.8. The van der Waals surface area contributed by atoms with E-state index in [1.807, 2.05) is 0 Å². The number of benzene rings is 1. The molecule has 20 heavy (non-hydrogen) atoms. The van der Waals surface area contributed by atoms with Crippen molar-refractivity contribution in [2.24, 2.45) is 0 Å². The largest absolute Gasteiger partial charge is 0.496 e. The second-order valence-electron chi connectivity index (χ2n) is 3.99. The first-order valence-electron chi connectivity index (χ1n) is 6.04. The normalized spacial score (nSPS) is 9.50. The lowest BCUT2D eigenvalue weighted by Gasteiger charge is -2.06. The molecule has 5 heteroatoms. The van der Waals surface area contributed by atoms with Gasteiger partial charge in [0.15, 0.2) is 5.12 Å². The number of carbonyl (C=O) groups is 2. The van der Waals surface area contributed by atoms with Crippen LogP contribution in [0.5, 0.6) is 5.75 Å². The molecule has 0 radical (unpaired) electrons. The Kier molecular flexibility index (Phi) is 6.68. The summed E-state index contributed by atoms with van der Waals surface area (Å²) in [6, 6.07) is 5.22. The van der Waals surface area contributed by atoms with Gasteiger partial charge in [-0.2, -0.15) is 0 Å². The van der Waals surface area contributed by atoms with Crippen LogP contribution < -0.4 is 4.74 Å². The Labute approximate surface area is 122 Å². The van der Waals surface area contributed by atoms with Crippen LogP contribution in [-0.4, -0.2) is 29.1 Å². The van der Waals surface area contributed by atoms with Crippen LogP contribution in [0.15, 0.2) is 18.2 Å². The fourth-order valence-corrected chi connectivity index (χ4v) is 2.06. The maximum atomic E-state index is 10.8. The molecule has 0 aliphatic heterocycles. The van der Waals surface area contributed by atoms with Crippen LogP contribution in [0.4, 0.5) is 0 Å². The molecule has 0 bridgehead atoms. The van der Waals surface area contributed by atoms with Crippen molar-refractivity contribution >= 4 is 22.8 Å². The van der Waals surface area contributed by atoms with Crippen molar-refractivity contribution < 1.29 is 19.4 Å². The lowest BCUT2D eigenvalue weighted by molar-refractivity contribution is -0.136. The molecule has 0 fully saturated rings. The van der Waals surface area contributed by atoms with E-state index in [9.17, 15) is 9.59 Å². The summed E-state index contributed by atoms with van der Waals surface area (Å²) >= 11 is 1.24. The second-order valence-corrected chi connectivity index (χ2v) is 5.26. The van der Waals surface area contributed by atoms with Crippen molar-refractivity contribution in [2.45, 2.75) is 19.8 Å². The fourth-order valence-electron chi connectivity index (χ4n) is 1.57. The molecule has 0 spiro atoms. The van der Waals surface area contributed by atoms with Crippen molar-refractivity contribution in [1.82, 2.24) is 0 Å². The summed E-state index contributed by atoms with van der Waals surface area (Å²) in [4.78, 5) is 21.5. The van der Waals surface area contributed by atoms with Gasteiger partial charge in [-0.1, -0.05) is 23.6 Å². The van der Waals surface area contributed by atoms with E-state index >= 15 is 0 Å². The van der Waals surface area contributed by atoms with E-state index in [1.54, 1.807) is 18.2 Å². The summed E-state index contributed by atoms with van der Waals surface area (Å²) in [5, 5.41) is 8.93. The molecule has 0 saturated carbocycles. The number of rotatable bonds is 5. The average molecular weight is 292 g/mol. The monoisotopic (exact) mass is 292 g/mol. The van der Waals surface area contributed by atoms with Crippen molar-refractivity contribution in [3.05, 3.63) is 29.3 Å². The van der Waals surface area contributed by atoms with Crippen LogP contribution >= 0.6 is 11.8 Å². The minimum absolute atomic E-state index is 0.0833. The molecular weight excluding hydrogens is 276 g/mol. The minimum Gasteiger partial charge on any atom is -0.496 e. The van der Waals surface area contributed by atoms with Gasteiger partial charge in [0.1, 0.15) is 5.75 Å². The highest BCUT2D eigenvalue weighted by molar-refractivity contribution is 8.13. The number of aliphatic carboxylic acids is 1. The van der Waals surface area contributed by atoms with Crippen LogP contribution in [0.25, 0.3) is 0 Å². The van der Waals surface area contributed by atoms with Crippen LogP contribution in [-0.2, 0) is 16.0 Å². The van der Waals surface area contributed by atoms with E-state index in [0.717, 1.165) is 5.56 Å². The average Bonchev–Trinajstić information content (AvgIpc) is 2.37. The van der Waals surface area contributed by atoms with Crippen LogP contribution in [0, 0.1) is 11.8 Å². The molecule has 1 aromatic rings. The third kappa shape index (κ3) is 5.81. The predicted molar refractivity (Wildman–Crippen MR) is 79.0 cm³/mol. The number of thioether (sulfide) groups is 1. The molecule has 0 unspecified atom stereocenters. The van der Waals surface area contributed by atoms with Gasteiger partial charge < -0.3 is 9.84 Å². The number of hydrogen-bond donors (Lipinski definition) is 1. The van der Waals surface area contributed by atoms with Gasteiger partial charge in [-0.25, -0.2) is 0 Å². The maximum Gasteiger partial charge on any atom is 0.307 e. The standard InChI is InChI=1S/C15H16O4S/c1-11(16)20-8-4-3-5-12-6-7-14(19-2)13(9-12)10-15(17)18/h6-7,9H,4,8,10H2,1-2H3,(H,17,18). The lowest BCUT2D eigenvalue weighted by atomic mass is 10.1. The van der Waals surface area contributed by atoms with Gasteiger partial charge in [-0.05, 0) is 18.2 Å². The van der Waals surface area contributed by atoms with E-state index in [4.69, 9.17) is 9.84 Å².